The average Bonchev–Trinajstić information content (AvgIpc) is 2.82. The Morgan fingerprint density at radius 2 is 2.37 bits per heavy atom. The van der Waals surface area contributed by atoms with Crippen molar-refractivity contribution >= 4 is 5.65 Å². The van der Waals surface area contributed by atoms with Crippen molar-refractivity contribution in [1.29, 1.82) is 5.26 Å². The fourth-order valence-corrected chi connectivity index (χ4v) is 2.12. The minimum atomic E-state index is -0.124. The maximum Gasteiger partial charge on any atom is 0.276 e. The summed E-state index contributed by atoms with van der Waals surface area (Å²) in [6.45, 7) is 2.56. The molecule has 6 heteroatoms. The minimum Gasteiger partial charge on any atom is -0.385 e. The molecule has 2 rings (SSSR count). The van der Waals surface area contributed by atoms with Gasteiger partial charge in [-0.2, -0.15) is 5.26 Å². The van der Waals surface area contributed by atoms with Crippen molar-refractivity contribution in [2.24, 2.45) is 0 Å². The second-order valence-corrected chi connectivity index (χ2v) is 4.25. The van der Waals surface area contributed by atoms with Gasteiger partial charge >= 0.3 is 0 Å². The molecule has 0 bridgehead atoms. The van der Waals surface area contributed by atoms with Gasteiger partial charge in [-0.3, -0.25) is 9.89 Å². The maximum absolute atomic E-state index is 12.3. The molecule has 0 aliphatic heterocycles. The summed E-state index contributed by atoms with van der Waals surface area (Å²) in [4.78, 5) is 16.8. The molecule has 0 aromatic carbocycles. The molecule has 0 atom stereocenters. The Hall–Kier alpha value is -2.13. The first-order valence-electron chi connectivity index (χ1n) is 6.23. The summed E-state index contributed by atoms with van der Waals surface area (Å²) in [6, 6.07) is 2.03. The highest BCUT2D eigenvalue weighted by atomic mass is 16.5. The number of aromatic nitrogens is 3. The molecule has 1 N–H and O–H groups in total. The zero-order valence-corrected chi connectivity index (χ0v) is 11.1. The number of aryl methyl sites for hydroxylation is 1. The Kier molecular flexibility index (Phi) is 3.97. The monoisotopic (exact) mass is 260 g/mol. The lowest BCUT2D eigenvalue weighted by Gasteiger charge is -2.07. The van der Waals surface area contributed by atoms with Gasteiger partial charge in [0.15, 0.2) is 5.65 Å². The third kappa shape index (κ3) is 2.37. The zero-order valence-electron chi connectivity index (χ0n) is 11.1. The highest BCUT2D eigenvalue weighted by molar-refractivity contribution is 5.54. The van der Waals surface area contributed by atoms with Gasteiger partial charge in [-0.1, -0.05) is 6.92 Å². The fraction of sp³-hybridized carbons (Fsp3) is 0.462. The molecule has 19 heavy (non-hydrogen) atoms. The van der Waals surface area contributed by atoms with Gasteiger partial charge in [0.1, 0.15) is 11.6 Å². The molecule has 0 aliphatic carbocycles. The van der Waals surface area contributed by atoms with E-state index in [0.717, 1.165) is 12.1 Å². The third-order valence-electron chi connectivity index (χ3n) is 3.08. The van der Waals surface area contributed by atoms with Crippen LogP contribution in [0.25, 0.3) is 5.65 Å². The summed E-state index contributed by atoms with van der Waals surface area (Å²) in [5.41, 5.74) is 2.12. The summed E-state index contributed by atoms with van der Waals surface area (Å²) < 4.78 is 6.35. The fourth-order valence-electron chi connectivity index (χ4n) is 2.12. The van der Waals surface area contributed by atoms with Gasteiger partial charge in [-0.05, 0) is 19.3 Å². The van der Waals surface area contributed by atoms with Crippen molar-refractivity contribution in [3.05, 3.63) is 33.4 Å². The van der Waals surface area contributed by atoms with Crippen molar-refractivity contribution in [3.63, 3.8) is 0 Å². The second kappa shape index (κ2) is 5.67. The van der Waals surface area contributed by atoms with E-state index in [4.69, 9.17) is 10.00 Å². The Bertz CT molecular complexity index is 678. The van der Waals surface area contributed by atoms with Crippen LogP contribution in [-0.2, 0) is 17.6 Å². The number of methoxy groups -OCH3 is 1. The van der Waals surface area contributed by atoms with E-state index in [9.17, 15) is 4.79 Å². The molecular weight excluding hydrogens is 244 g/mol. The topological polar surface area (TPSA) is 83.2 Å². The number of nitriles is 1. The molecule has 0 amide bonds. The number of ether oxygens (including phenoxy) is 1. The van der Waals surface area contributed by atoms with E-state index >= 15 is 0 Å². The van der Waals surface area contributed by atoms with Crippen LogP contribution in [0.2, 0.25) is 0 Å². The molecule has 0 fully saturated rings. The maximum atomic E-state index is 12.3. The van der Waals surface area contributed by atoms with Crippen LogP contribution in [0.4, 0.5) is 0 Å². The summed E-state index contributed by atoms with van der Waals surface area (Å²) >= 11 is 0. The standard InChI is InChI=1S/C13H16N4O2/c1-3-10-11(5-4-6-19-2)16-12-9(7-14)8-15-17(12)13(10)18/h8,15H,3-6H2,1-2H3. The van der Waals surface area contributed by atoms with Crippen LogP contribution in [0.5, 0.6) is 0 Å². The third-order valence-corrected chi connectivity index (χ3v) is 3.08. The largest absolute Gasteiger partial charge is 0.385 e. The number of H-pyrrole nitrogens is 1. The molecule has 0 saturated heterocycles. The van der Waals surface area contributed by atoms with E-state index in [1.54, 1.807) is 7.11 Å². The van der Waals surface area contributed by atoms with Crippen LogP contribution in [-0.4, -0.2) is 28.3 Å². The van der Waals surface area contributed by atoms with Crippen LogP contribution in [0.3, 0.4) is 0 Å². The quantitative estimate of drug-likeness (QED) is 0.814. The molecule has 100 valence electrons. The highest BCUT2D eigenvalue weighted by Gasteiger charge is 2.14. The minimum absolute atomic E-state index is 0.124. The second-order valence-electron chi connectivity index (χ2n) is 4.25. The van der Waals surface area contributed by atoms with Gasteiger partial charge in [0.2, 0.25) is 0 Å². The Labute approximate surface area is 110 Å². The van der Waals surface area contributed by atoms with Gasteiger partial charge in [-0.25, -0.2) is 9.50 Å². The predicted octanol–water partition coefficient (Wildman–Crippen LogP) is 1.04. The number of nitrogens with zero attached hydrogens (tertiary/aromatic N) is 3. The molecule has 2 aromatic rings. The highest BCUT2D eigenvalue weighted by Crippen LogP contribution is 2.11. The van der Waals surface area contributed by atoms with E-state index in [-0.39, 0.29) is 5.56 Å². The molecule has 0 radical (unpaired) electrons. The van der Waals surface area contributed by atoms with Gasteiger partial charge in [0.05, 0.1) is 5.69 Å². The zero-order chi connectivity index (χ0) is 13.8. The lowest BCUT2D eigenvalue weighted by atomic mass is 10.1. The van der Waals surface area contributed by atoms with E-state index < -0.39 is 0 Å². The summed E-state index contributed by atoms with van der Waals surface area (Å²) in [7, 11) is 1.65. The van der Waals surface area contributed by atoms with Crippen molar-refractivity contribution in [1.82, 2.24) is 14.6 Å². The lowest BCUT2D eigenvalue weighted by Crippen LogP contribution is -2.22. The summed E-state index contributed by atoms with van der Waals surface area (Å²) in [6.07, 6.45) is 3.61. The molecule has 0 aliphatic rings. The number of aromatic amines is 1. The SMILES string of the molecule is CCc1c(CCCOC)nc2c(C#N)c[nH]n2c1=O. The van der Waals surface area contributed by atoms with Crippen LogP contribution in [0.15, 0.2) is 11.0 Å². The van der Waals surface area contributed by atoms with Gasteiger partial charge < -0.3 is 4.74 Å². The number of nitrogens with one attached hydrogen (secondary N) is 1. The first-order chi connectivity index (χ1) is 9.22. The molecule has 2 heterocycles. The molecule has 6 nitrogen and oxygen atoms in total. The van der Waals surface area contributed by atoms with E-state index in [0.29, 0.717) is 36.2 Å². The van der Waals surface area contributed by atoms with Crippen LogP contribution >= 0.6 is 0 Å². The number of hydrogen-bond donors (Lipinski definition) is 1. The number of fused-ring (bicyclic) bond motifs is 1. The number of hydrogen-bond acceptors (Lipinski definition) is 4. The Balaban J connectivity index is 2.55. The molecule has 0 saturated carbocycles. The Morgan fingerprint density at radius 1 is 1.58 bits per heavy atom. The average molecular weight is 260 g/mol. The van der Waals surface area contributed by atoms with E-state index in [1.165, 1.54) is 10.7 Å². The van der Waals surface area contributed by atoms with Gasteiger partial charge in [0, 0.05) is 25.5 Å². The number of rotatable bonds is 5. The van der Waals surface area contributed by atoms with Gasteiger partial charge in [0.25, 0.3) is 5.56 Å². The van der Waals surface area contributed by atoms with E-state index in [2.05, 4.69) is 10.1 Å². The van der Waals surface area contributed by atoms with Crippen LogP contribution in [0.1, 0.15) is 30.2 Å². The van der Waals surface area contributed by atoms with E-state index in [1.807, 2.05) is 13.0 Å². The summed E-state index contributed by atoms with van der Waals surface area (Å²) in [5.74, 6) is 0. The predicted molar refractivity (Wildman–Crippen MR) is 70.1 cm³/mol. The molecule has 0 spiro atoms. The van der Waals surface area contributed by atoms with Crippen LogP contribution in [0, 0.1) is 11.3 Å². The van der Waals surface area contributed by atoms with Crippen molar-refractivity contribution < 1.29 is 4.74 Å². The first-order valence-corrected chi connectivity index (χ1v) is 6.23. The molecule has 2 aromatic heterocycles. The molecular formula is C13H16N4O2. The lowest BCUT2D eigenvalue weighted by molar-refractivity contribution is 0.195. The van der Waals surface area contributed by atoms with Crippen LogP contribution < -0.4 is 5.56 Å². The van der Waals surface area contributed by atoms with Crippen molar-refractivity contribution in [3.8, 4) is 6.07 Å². The van der Waals surface area contributed by atoms with Crippen molar-refractivity contribution in [2.45, 2.75) is 26.2 Å². The van der Waals surface area contributed by atoms with Gasteiger partial charge in [-0.15, -0.1) is 0 Å². The summed E-state index contributed by atoms with van der Waals surface area (Å²) in [5, 5.41) is 11.8. The van der Waals surface area contributed by atoms with Crippen molar-refractivity contribution in [2.75, 3.05) is 13.7 Å². The Morgan fingerprint density at radius 3 is 3.00 bits per heavy atom. The first kappa shape index (κ1) is 13.3. The molecule has 0 unspecified atom stereocenters. The normalized spacial score (nSPS) is 10.8. The smallest absolute Gasteiger partial charge is 0.276 e.